The number of nitrogens with zero attached hydrogens (tertiary/aromatic N) is 7. The van der Waals surface area contributed by atoms with E-state index in [0.717, 1.165) is 73.9 Å². The van der Waals surface area contributed by atoms with Gasteiger partial charge in [0.25, 0.3) is 0 Å². The van der Waals surface area contributed by atoms with Crippen molar-refractivity contribution in [2.45, 2.75) is 75.0 Å². The first-order valence-electron chi connectivity index (χ1n) is 43.0. The van der Waals surface area contributed by atoms with Crippen LogP contribution < -0.4 is 0 Å². The minimum Gasteiger partial charge on any atom is -0.309 e. The number of para-hydroxylation sites is 5. The fourth-order valence-corrected chi connectivity index (χ4v) is 28.9. The minimum atomic E-state index is 0.142. The van der Waals surface area contributed by atoms with Gasteiger partial charge in [-0.2, -0.15) is 0 Å². The highest BCUT2D eigenvalue weighted by atomic mass is 32.1. The molecule has 8 bridgehead atoms. The summed E-state index contributed by atoms with van der Waals surface area (Å²) in [5.41, 5.74) is 33.3. The number of thiazole rings is 1. The topological polar surface area (TPSA) is 58.4 Å². The van der Waals surface area contributed by atoms with E-state index in [1.54, 1.807) is 51.3 Å². The van der Waals surface area contributed by atoms with E-state index in [9.17, 15) is 0 Å². The Labute approximate surface area is 689 Å². The Morgan fingerprint density at radius 1 is 0.271 bits per heavy atom. The predicted octanol–water partition coefficient (Wildman–Crippen LogP) is 28.3. The van der Waals surface area contributed by atoms with Crippen LogP contribution in [-0.4, -0.2) is 33.2 Å². The van der Waals surface area contributed by atoms with Crippen molar-refractivity contribution in [3.63, 3.8) is 0 Å². The van der Waals surface area contributed by atoms with Gasteiger partial charge in [-0.1, -0.05) is 181 Å². The highest BCUT2D eigenvalue weighted by Gasteiger charge is 2.63. The van der Waals surface area contributed by atoms with Gasteiger partial charge in [-0.25, -0.2) is 15.0 Å². The lowest BCUT2D eigenvalue weighted by Gasteiger charge is -2.61. The lowest BCUT2D eigenvalue weighted by atomic mass is 9.43. The molecule has 9 heteroatoms. The molecular weight excluding hydrogens is 1470 g/mol. The maximum Gasteiger partial charge on any atom is 0.195 e. The fourth-order valence-electron chi connectivity index (χ4n) is 26.8. The monoisotopic (exact) mass is 1550 g/mol. The molecule has 0 radical (unpaired) electrons. The molecule has 2 spiro atoms. The van der Waals surface area contributed by atoms with E-state index in [1.807, 2.05) is 6.20 Å². The number of rotatable bonds is 6. The Balaban J connectivity index is 0.000000123. The maximum atomic E-state index is 5.08. The maximum absolute atomic E-state index is 5.08. The van der Waals surface area contributed by atoms with Crippen LogP contribution >= 0.6 is 22.7 Å². The van der Waals surface area contributed by atoms with E-state index in [-0.39, 0.29) is 10.8 Å². The molecule has 8 fully saturated rings. The minimum absolute atomic E-state index is 0.142. The standard InChI is InChI=1S/C56H40N4S.C53H39N3S/c1-4-10-47-40(7-1)41-17-15-38(28-48(41)56(47)36-22-32-21-33(24-36)25-37(56)23-32)59-49-11-5-2-8-42(49)45-26-34(13-19-51(45)59)35-14-20-52-46(27-35)43-9-3-6-12-50(43)60(52)39-16-18-44-53(29-39)61-54-30-57-31-58-55(44)54;1-4-12-44-38(9-1)39-20-19-37(30-45(39)53(44)35-24-31-23-32(26-35)27-36(53)25-31)55-47-14-6-2-10-40(47)42-28-33(17-21-49(42)55)34-18-22-50-43(29-34)41-11-3-7-15-48(41)56(50)52-54-46-13-5-8-16-51(46)57-52/h1-20,26-33,36-37H,21-25H2;1-22,28-32,35-36H,23-27H2. The van der Waals surface area contributed by atoms with Crippen LogP contribution in [0.25, 0.3) is 184 Å². The van der Waals surface area contributed by atoms with Crippen LogP contribution in [0.15, 0.2) is 310 Å². The first-order valence-corrected chi connectivity index (χ1v) is 44.6. The number of thiophene rings is 1. The molecule has 0 N–H and O–H groups in total. The second-order valence-electron chi connectivity index (χ2n) is 36.2. The van der Waals surface area contributed by atoms with Gasteiger partial charge in [-0.05, 0) is 306 Å². The summed E-state index contributed by atoms with van der Waals surface area (Å²) in [5.74, 6) is 6.71. The van der Waals surface area contributed by atoms with Crippen molar-refractivity contribution in [1.29, 1.82) is 0 Å². The molecule has 8 saturated carbocycles. The Morgan fingerprint density at radius 3 is 1.10 bits per heavy atom. The van der Waals surface area contributed by atoms with Gasteiger partial charge in [0.2, 0.25) is 0 Å². The lowest BCUT2D eigenvalue weighted by molar-refractivity contribution is -0.0399. The van der Waals surface area contributed by atoms with Crippen molar-refractivity contribution in [2.24, 2.45) is 47.3 Å². The van der Waals surface area contributed by atoms with Crippen molar-refractivity contribution in [2.75, 3.05) is 0 Å². The van der Waals surface area contributed by atoms with Crippen LogP contribution in [0.3, 0.4) is 0 Å². The molecule has 31 rings (SSSR count). The van der Waals surface area contributed by atoms with E-state index in [1.165, 1.54) is 222 Å². The van der Waals surface area contributed by atoms with Gasteiger partial charge in [-0.3, -0.25) is 4.57 Å². The average Bonchev–Trinajstić information content (AvgIpc) is 1.49. The molecule has 0 saturated heterocycles. The second-order valence-corrected chi connectivity index (χ2v) is 38.3. The summed E-state index contributed by atoms with van der Waals surface area (Å²) in [7, 11) is 0. The smallest absolute Gasteiger partial charge is 0.195 e. The fraction of sp³-hybridized carbons (Fsp3) is 0.183. The summed E-state index contributed by atoms with van der Waals surface area (Å²) in [4.78, 5) is 14.0. The molecule has 0 atom stereocenters. The predicted molar refractivity (Wildman–Crippen MR) is 489 cm³/mol. The zero-order chi connectivity index (χ0) is 76.5. The molecule has 0 amide bonds. The number of hydrogen-bond donors (Lipinski definition) is 0. The number of aromatic nitrogens is 7. The summed E-state index contributed by atoms with van der Waals surface area (Å²) in [6.45, 7) is 0. The van der Waals surface area contributed by atoms with Gasteiger partial charge < -0.3 is 13.7 Å². The summed E-state index contributed by atoms with van der Waals surface area (Å²) in [6.07, 6.45) is 17.7. The van der Waals surface area contributed by atoms with Gasteiger partial charge in [0, 0.05) is 87.3 Å². The molecule has 0 unspecified atom stereocenters. The first kappa shape index (κ1) is 65.6. The largest absolute Gasteiger partial charge is 0.309 e. The van der Waals surface area contributed by atoms with Gasteiger partial charge in [0.15, 0.2) is 5.13 Å². The van der Waals surface area contributed by atoms with Crippen molar-refractivity contribution in [3.05, 3.63) is 332 Å². The highest BCUT2D eigenvalue weighted by molar-refractivity contribution is 7.25. The molecule has 0 aliphatic heterocycles. The summed E-state index contributed by atoms with van der Waals surface area (Å²) in [5, 5.41) is 12.4. The SMILES string of the molecule is c1ccc2c(c1)-c1ccc(-n3c4ccccc4c4cc(-c5ccc6c(c5)c5ccccc5n6-c5ccc6c(c5)sc5cncnc56)ccc43)cc1C21C2CC3CC(C2)CC1C3.c1ccc2c(c1)-c1ccc(-n3c4ccccc4c4cc(-c5ccc6c(c5)c5ccccc5n6-c5nc6ccccc6s5)ccc43)cc1C21C2CC3CC(C2)CC1C3. The van der Waals surface area contributed by atoms with Gasteiger partial charge in [-0.15, -0.1) is 11.3 Å². The van der Waals surface area contributed by atoms with Crippen molar-refractivity contribution >= 4 is 140 Å². The molecule has 118 heavy (non-hydrogen) atoms. The number of benzene rings is 14. The second kappa shape index (κ2) is 24.1. The van der Waals surface area contributed by atoms with E-state index < -0.39 is 0 Å². The molecular formula is C109H79N7S2. The Hall–Kier alpha value is -12.5. The molecule has 21 aromatic rings. The van der Waals surface area contributed by atoms with E-state index >= 15 is 0 Å². The van der Waals surface area contributed by atoms with Crippen LogP contribution in [-0.2, 0) is 10.8 Å². The molecule has 10 aliphatic carbocycles. The van der Waals surface area contributed by atoms with E-state index in [2.05, 4.69) is 325 Å². The van der Waals surface area contributed by atoms with E-state index in [0.29, 0.717) is 0 Å². The number of fused-ring (bicyclic) bond motifs is 22. The van der Waals surface area contributed by atoms with Crippen LogP contribution in [0.5, 0.6) is 0 Å². The Morgan fingerprint density at radius 2 is 0.644 bits per heavy atom. The van der Waals surface area contributed by atoms with Gasteiger partial charge in [0.1, 0.15) is 6.33 Å². The normalized spacial score (nSPS) is 22.8. The Bertz CT molecular complexity index is 7870. The van der Waals surface area contributed by atoms with Crippen molar-refractivity contribution in [3.8, 4) is 66.7 Å². The summed E-state index contributed by atoms with van der Waals surface area (Å²) >= 11 is 3.51. The molecule has 562 valence electrons. The van der Waals surface area contributed by atoms with Crippen molar-refractivity contribution in [1.82, 2.24) is 33.2 Å². The molecule has 7 aromatic heterocycles. The zero-order valence-corrected chi connectivity index (χ0v) is 66.7. The van der Waals surface area contributed by atoms with Crippen LogP contribution in [0, 0.1) is 47.3 Å². The summed E-state index contributed by atoms with van der Waals surface area (Å²) < 4.78 is 13.4. The van der Waals surface area contributed by atoms with Crippen LogP contribution in [0.4, 0.5) is 0 Å². The zero-order valence-electron chi connectivity index (χ0n) is 65.1. The molecule has 10 aliphatic rings. The van der Waals surface area contributed by atoms with Gasteiger partial charge >= 0.3 is 0 Å². The lowest BCUT2D eigenvalue weighted by Crippen LogP contribution is -2.55. The third kappa shape index (κ3) is 8.85. The van der Waals surface area contributed by atoms with Crippen molar-refractivity contribution < 1.29 is 0 Å². The van der Waals surface area contributed by atoms with Crippen LogP contribution in [0.1, 0.15) is 86.5 Å². The average molecular weight is 1550 g/mol. The van der Waals surface area contributed by atoms with Crippen LogP contribution in [0.2, 0.25) is 0 Å². The third-order valence-electron chi connectivity index (χ3n) is 30.8. The molecule has 7 nitrogen and oxygen atoms in total. The summed E-state index contributed by atoms with van der Waals surface area (Å²) in [6, 6.07) is 113. The first-order chi connectivity index (χ1) is 58.4. The third-order valence-corrected chi connectivity index (χ3v) is 32.9. The molecule has 7 heterocycles. The van der Waals surface area contributed by atoms with E-state index in [4.69, 9.17) is 4.98 Å². The highest BCUT2D eigenvalue weighted by Crippen LogP contribution is 2.72. The quantitative estimate of drug-likeness (QED) is 0.167. The van der Waals surface area contributed by atoms with Gasteiger partial charge in [0.05, 0.1) is 64.6 Å². The molecule has 14 aromatic carbocycles. The number of hydrogen-bond acceptors (Lipinski definition) is 5. The Kier molecular flexibility index (Phi) is 13.4.